The fourth-order valence-electron chi connectivity index (χ4n) is 1.28. The molecular formula is C12H28N4. The van der Waals surface area contributed by atoms with E-state index in [9.17, 15) is 0 Å². The Hall–Kier alpha value is -0.610. The number of amidine groups is 1. The molecule has 3 N–H and O–H groups in total. The molecule has 0 radical (unpaired) electrons. The summed E-state index contributed by atoms with van der Waals surface area (Å²) in [6.07, 6.45) is 3.44. The zero-order chi connectivity index (χ0) is 12.4. The van der Waals surface area contributed by atoms with E-state index in [0.717, 1.165) is 24.7 Å². The molecule has 4 heteroatoms. The molecule has 0 aliphatic rings. The zero-order valence-electron chi connectivity index (χ0n) is 11.4. The molecule has 0 aromatic carbocycles. The Kier molecular flexibility index (Phi) is 9.24. The van der Waals surface area contributed by atoms with E-state index < -0.39 is 0 Å². The molecule has 0 rings (SSSR count). The van der Waals surface area contributed by atoms with Crippen LogP contribution >= 0.6 is 0 Å². The number of aliphatic imine (C=N–C) groups is 1. The van der Waals surface area contributed by atoms with Gasteiger partial charge in [0.15, 0.2) is 0 Å². The maximum atomic E-state index is 4.20. The van der Waals surface area contributed by atoms with Crippen molar-refractivity contribution in [3.63, 3.8) is 0 Å². The molecule has 0 atom stereocenters. The van der Waals surface area contributed by atoms with Gasteiger partial charge in [-0.25, -0.2) is 5.43 Å². The SMILES string of the molecule is CN=C(CCCC(C)C)NNNCC(C)C. The summed E-state index contributed by atoms with van der Waals surface area (Å²) in [5.74, 6) is 2.42. The minimum absolute atomic E-state index is 0.636. The van der Waals surface area contributed by atoms with Crippen LogP contribution in [0.1, 0.15) is 47.0 Å². The van der Waals surface area contributed by atoms with Gasteiger partial charge >= 0.3 is 0 Å². The van der Waals surface area contributed by atoms with Crippen LogP contribution < -0.4 is 16.4 Å². The number of rotatable bonds is 8. The van der Waals surface area contributed by atoms with Crippen LogP contribution in [-0.4, -0.2) is 19.4 Å². The van der Waals surface area contributed by atoms with Crippen molar-refractivity contribution in [3.8, 4) is 0 Å². The molecule has 0 saturated heterocycles. The number of hydrogen-bond donors (Lipinski definition) is 3. The van der Waals surface area contributed by atoms with Crippen LogP contribution in [0, 0.1) is 11.8 Å². The van der Waals surface area contributed by atoms with E-state index in [0.29, 0.717) is 5.92 Å². The standard InChI is InChI=1S/C12H28N4/c1-10(2)7-6-8-12(13-5)15-16-14-9-11(3)4/h10-11,14,16H,6-9H2,1-5H3,(H,13,15). The van der Waals surface area contributed by atoms with Crippen LogP contribution in [0.25, 0.3) is 0 Å². The van der Waals surface area contributed by atoms with E-state index in [-0.39, 0.29) is 0 Å². The number of hydrogen-bond acceptors (Lipinski definition) is 3. The number of nitrogens with one attached hydrogen (secondary N) is 3. The second-order valence-electron chi connectivity index (χ2n) is 4.98. The Morgan fingerprint density at radius 1 is 1.12 bits per heavy atom. The monoisotopic (exact) mass is 228 g/mol. The highest BCUT2D eigenvalue weighted by Crippen LogP contribution is 2.05. The Bertz CT molecular complexity index is 187. The normalized spacial score (nSPS) is 12.6. The van der Waals surface area contributed by atoms with Gasteiger partial charge in [0.05, 0.1) is 0 Å². The van der Waals surface area contributed by atoms with Gasteiger partial charge in [-0.3, -0.25) is 10.4 Å². The van der Waals surface area contributed by atoms with E-state index >= 15 is 0 Å². The molecule has 0 spiro atoms. The van der Waals surface area contributed by atoms with E-state index in [1.54, 1.807) is 0 Å². The van der Waals surface area contributed by atoms with E-state index in [4.69, 9.17) is 0 Å². The number of hydrazine groups is 2. The molecule has 16 heavy (non-hydrogen) atoms. The molecule has 0 bridgehead atoms. The topological polar surface area (TPSA) is 48.5 Å². The molecule has 0 heterocycles. The van der Waals surface area contributed by atoms with E-state index in [2.05, 4.69) is 49.1 Å². The Balaban J connectivity index is 3.53. The van der Waals surface area contributed by atoms with Crippen LogP contribution in [0.5, 0.6) is 0 Å². The van der Waals surface area contributed by atoms with Crippen molar-refractivity contribution in [1.82, 2.24) is 16.4 Å². The van der Waals surface area contributed by atoms with Gasteiger partial charge in [0.1, 0.15) is 5.84 Å². The smallest absolute Gasteiger partial charge is 0.111 e. The molecular weight excluding hydrogens is 200 g/mol. The number of nitrogens with zero attached hydrogens (tertiary/aromatic N) is 1. The summed E-state index contributed by atoms with van der Waals surface area (Å²) in [5, 5.41) is 0. The first-order valence-corrected chi connectivity index (χ1v) is 6.25. The molecule has 0 saturated carbocycles. The highest BCUT2D eigenvalue weighted by molar-refractivity contribution is 5.81. The average Bonchev–Trinajstić information content (AvgIpc) is 2.20. The van der Waals surface area contributed by atoms with Gasteiger partial charge in [-0.1, -0.05) is 34.1 Å². The predicted octanol–water partition coefficient (Wildman–Crippen LogP) is 2.10. The van der Waals surface area contributed by atoms with E-state index in [1.165, 1.54) is 12.8 Å². The van der Waals surface area contributed by atoms with Gasteiger partial charge in [-0.05, 0) is 18.3 Å². The third-order valence-corrected chi connectivity index (χ3v) is 2.27. The minimum Gasteiger partial charge on any atom is -0.296 e. The second-order valence-corrected chi connectivity index (χ2v) is 4.98. The Morgan fingerprint density at radius 2 is 1.81 bits per heavy atom. The lowest BCUT2D eigenvalue weighted by atomic mass is 10.1. The maximum absolute atomic E-state index is 4.20. The first-order valence-electron chi connectivity index (χ1n) is 6.25. The lowest BCUT2D eigenvalue weighted by molar-refractivity contribution is 0.446. The van der Waals surface area contributed by atoms with Crippen LogP contribution in [-0.2, 0) is 0 Å². The maximum Gasteiger partial charge on any atom is 0.111 e. The molecule has 0 aliphatic heterocycles. The van der Waals surface area contributed by atoms with Gasteiger partial charge in [-0.2, -0.15) is 5.53 Å². The van der Waals surface area contributed by atoms with Gasteiger partial charge in [0.25, 0.3) is 0 Å². The largest absolute Gasteiger partial charge is 0.296 e. The highest BCUT2D eigenvalue weighted by atomic mass is 15.6. The predicted molar refractivity (Wildman–Crippen MR) is 71.2 cm³/mol. The Morgan fingerprint density at radius 3 is 2.31 bits per heavy atom. The summed E-state index contributed by atoms with van der Waals surface area (Å²) in [6, 6.07) is 0. The molecule has 0 fully saturated rings. The summed E-state index contributed by atoms with van der Waals surface area (Å²) < 4.78 is 0. The van der Waals surface area contributed by atoms with Crippen molar-refractivity contribution in [2.75, 3.05) is 13.6 Å². The van der Waals surface area contributed by atoms with E-state index in [1.807, 2.05) is 7.05 Å². The lowest BCUT2D eigenvalue weighted by Crippen LogP contribution is -2.47. The van der Waals surface area contributed by atoms with Crippen molar-refractivity contribution in [3.05, 3.63) is 0 Å². The van der Waals surface area contributed by atoms with Crippen molar-refractivity contribution in [2.24, 2.45) is 16.8 Å². The van der Waals surface area contributed by atoms with Gasteiger partial charge in [0.2, 0.25) is 0 Å². The summed E-state index contributed by atoms with van der Waals surface area (Å²) in [5.41, 5.74) is 9.17. The molecule has 4 nitrogen and oxygen atoms in total. The highest BCUT2D eigenvalue weighted by Gasteiger charge is 1.99. The molecule has 96 valence electrons. The van der Waals surface area contributed by atoms with Crippen LogP contribution in [0.15, 0.2) is 4.99 Å². The van der Waals surface area contributed by atoms with Crippen molar-refractivity contribution >= 4 is 5.84 Å². The molecule has 0 amide bonds. The first kappa shape index (κ1) is 15.4. The van der Waals surface area contributed by atoms with Gasteiger partial charge < -0.3 is 0 Å². The lowest BCUT2D eigenvalue weighted by Gasteiger charge is -2.13. The van der Waals surface area contributed by atoms with Gasteiger partial charge in [0, 0.05) is 20.0 Å². The molecule has 0 aliphatic carbocycles. The van der Waals surface area contributed by atoms with Crippen molar-refractivity contribution in [1.29, 1.82) is 0 Å². The minimum atomic E-state index is 0.636. The zero-order valence-corrected chi connectivity index (χ0v) is 11.4. The Labute approximate surface area is 100 Å². The van der Waals surface area contributed by atoms with Crippen molar-refractivity contribution in [2.45, 2.75) is 47.0 Å². The third-order valence-electron chi connectivity index (χ3n) is 2.27. The summed E-state index contributed by atoms with van der Waals surface area (Å²) in [4.78, 5) is 4.20. The van der Waals surface area contributed by atoms with Crippen LogP contribution in [0.3, 0.4) is 0 Å². The van der Waals surface area contributed by atoms with Crippen molar-refractivity contribution < 1.29 is 0 Å². The molecule has 0 aromatic heterocycles. The first-order chi connectivity index (χ1) is 7.56. The van der Waals surface area contributed by atoms with Gasteiger partial charge in [-0.15, -0.1) is 0 Å². The quantitative estimate of drug-likeness (QED) is 0.258. The van der Waals surface area contributed by atoms with Crippen LogP contribution in [0.2, 0.25) is 0 Å². The van der Waals surface area contributed by atoms with Crippen LogP contribution in [0.4, 0.5) is 0 Å². The average molecular weight is 228 g/mol. The fraction of sp³-hybridized carbons (Fsp3) is 0.917. The second kappa shape index (κ2) is 9.60. The summed E-state index contributed by atoms with van der Waals surface area (Å²) in [7, 11) is 1.82. The molecule has 0 aromatic rings. The molecule has 0 unspecified atom stereocenters. The summed E-state index contributed by atoms with van der Waals surface area (Å²) in [6.45, 7) is 9.78. The summed E-state index contributed by atoms with van der Waals surface area (Å²) >= 11 is 0. The third kappa shape index (κ3) is 9.93. The fourth-order valence-corrected chi connectivity index (χ4v) is 1.28.